The molecule has 136 valence electrons. The Hall–Kier alpha value is -3.02. The third kappa shape index (κ3) is 3.49. The Bertz CT molecular complexity index is 970. The maximum Gasteiger partial charge on any atom is 0.329 e. The lowest BCUT2D eigenvalue weighted by Crippen LogP contribution is -2.34. The van der Waals surface area contributed by atoms with Gasteiger partial charge in [0.2, 0.25) is 5.91 Å². The number of rotatable bonds is 6. The average Bonchev–Trinajstić information content (AvgIpc) is 2.88. The number of hydrogen-bond donors (Lipinski definition) is 1. The lowest BCUT2D eigenvalue weighted by atomic mass is 10.1. The minimum Gasteiger partial charge on any atom is -0.494 e. The molecule has 0 radical (unpaired) electrons. The number of imidazole rings is 1. The number of fused-ring (bicyclic) bond motifs is 1. The Labute approximate surface area is 152 Å². The average molecular weight is 353 g/mol. The first-order chi connectivity index (χ1) is 12.5. The van der Waals surface area contributed by atoms with Crippen molar-refractivity contribution in [2.45, 2.75) is 26.4 Å². The number of nitrogens with zero attached hydrogens (tertiary/aromatic N) is 2. The Kier molecular flexibility index (Phi) is 5.11. The van der Waals surface area contributed by atoms with Crippen LogP contribution in [0.3, 0.4) is 0 Å². The second kappa shape index (κ2) is 7.47. The van der Waals surface area contributed by atoms with Crippen molar-refractivity contribution in [3.63, 3.8) is 0 Å². The first kappa shape index (κ1) is 17.8. The fraction of sp³-hybridized carbons (Fsp3) is 0.300. The molecule has 1 amide bonds. The quantitative estimate of drug-likeness (QED) is 0.741. The van der Waals surface area contributed by atoms with E-state index in [2.05, 4.69) is 5.32 Å². The van der Waals surface area contributed by atoms with Crippen LogP contribution in [0, 0.1) is 0 Å². The van der Waals surface area contributed by atoms with Gasteiger partial charge in [-0.05, 0) is 43.7 Å². The summed E-state index contributed by atoms with van der Waals surface area (Å²) in [5, 5.41) is 2.95. The number of amides is 1. The van der Waals surface area contributed by atoms with Gasteiger partial charge in [-0.15, -0.1) is 0 Å². The molecule has 0 aliphatic carbocycles. The van der Waals surface area contributed by atoms with Crippen molar-refractivity contribution in [1.82, 2.24) is 14.5 Å². The van der Waals surface area contributed by atoms with E-state index in [1.54, 1.807) is 11.6 Å². The first-order valence-corrected chi connectivity index (χ1v) is 8.67. The molecule has 0 fully saturated rings. The minimum absolute atomic E-state index is 0.0123. The van der Waals surface area contributed by atoms with Gasteiger partial charge in [0.25, 0.3) is 0 Å². The van der Waals surface area contributed by atoms with E-state index in [4.69, 9.17) is 4.74 Å². The molecule has 0 saturated carbocycles. The molecule has 6 heteroatoms. The van der Waals surface area contributed by atoms with Gasteiger partial charge in [-0.3, -0.25) is 13.9 Å². The number of ether oxygens (including phenoxy) is 1. The van der Waals surface area contributed by atoms with Crippen LogP contribution in [0.2, 0.25) is 0 Å². The number of aryl methyl sites for hydroxylation is 1. The number of hydrogen-bond acceptors (Lipinski definition) is 3. The zero-order valence-electron chi connectivity index (χ0n) is 15.2. The SMILES string of the molecule is CCOc1ccc(C(C)NC(=O)Cn2c(=O)n(C)c3ccccc32)cc1. The molecule has 0 aliphatic heterocycles. The molecule has 0 bridgehead atoms. The van der Waals surface area contributed by atoms with Crippen molar-refractivity contribution >= 4 is 16.9 Å². The molecule has 26 heavy (non-hydrogen) atoms. The summed E-state index contributed by atoms with van der Waals surface area (Å²) >= 11 is 0. The third-order valence-corrected chi connectivity index (χ3v) is 4.42. The predicted molar refractivity (Wildman–Crippen MR) is 101 cm³/mol. The first-order valence-electron chi connectivity index (χ1n) is 8.67. The molecule has 0 aliphatic rings. The zero-order valence-corrected chi connectivity index (χ0v) is 15.2. The summed E-state index contributed by atoms with van der Waals surface area (Å²) in [7, 11) is 1.71. The normalized spacial score (nSPS) is 12.1. The highest BCUT2D eigenvalue weighted by Crippen LogP contribution is 2.18. The molecule has 1 unspecified atom stereocenters. The van der Waals surface area contributed by atoms with E-state index in [9.17, 15) is 9.59 Å². The van der Waals surface area contributed by atoms with Gasteiger partial charge in [0, 0.05) is 7.05 Å². The van der Waals surface area contributed by atoms with Crippen molar-refractivity contribution in [3.8, 4) is 5.75 Å². The molecule has 1 atom stereocenters. The maximum atomic E-state index is 12.5. The van der Waals surface area contributed by atoms with Gasteiger partial charge in [0.15, 0.2) is 0 Å². The van der Waals surface area contributed by atoms with Gasteiger partial charge in [-0.1, -0.05) is 24.3 Å². The molecule has 1 N–H and O–H groups in total. The summed E-state index contributed by atoms with van der Waals surface area (Å²) in [6.07, 6.45) is 0. The Morgan fingerprint density at radius 1 is 1.12 bits per heavy atom. The summed E-state index contributed by atoms with van der Waals surface area (Å²) in [5.74, 6) is 0.599. The van der Waals surface area contributed by atoms with Crippen LogP contribution in [0.4, 0.5) is 0 Å². The molecule has 3 aromatic rings. The van der Waals surface area contributed by atoms with Crippen molar-refractivity contribution in [2.75, 3.05) is 6.61 Å². The molecule has 3 rings (SSSR count). The molecule has 6 nitrogen and oxygen atoms in total. The standard InChI is InChI=1S/C20H23N3O3/c1-4-26-16-11-9-15(10-12-16)14(2)21-19(24)13-23-18-8-6-5-7-17(18)22(3)20(23)25/h5-12,14H,4,13H2,1-3H3,(H,21,24). The van der Waals surface area contributed by atoms with Crippen molar-refractivity contribution in [1.29, 1.82) is 0 Å². The fourth-order valence-corrected chi connectivity index (χ4v) is 3.05. The monoisotopic (exact) mass is 353 g/mol. The van der Waals surface area contributed by atoms with Crippen LogP contribution in [-0.2, 0) is 18.4 Å². The zero-order chi connectivity index (χ0) is 18.7. The highest BCUT2D eigenvalue weighted by atomic mass is 16.5. The number of nitrogens with one attached hydrogen (secondary N) is 1. The van der Waals surface area contributed by atoms with Crippen LogP contribution in [-0.4, -0.2) is 21.6 Å². The van der Waals surface area contributed by atoms with Crippen LogP contribution in [0.25, 0.3) is 11.0 Å². The molecule has 1 aromatic heterocycles. The topological polar surface area (TPSA) is 65.3 Å². The molecule has 0 saturated heterocycles. The predicted octanol–water partition coefficient (Wildman–Crippen LogP) is 2.62. The lowest BCUT2D eigenvalue weighted by molar-refractivity contribution is -0.122. The summed E-state index contributed by atoms with van der Waals surface area (Å²) in [6, 6.07) is 14.9. The van der Waals surface area contributed by atoms with Crippen molar-refractivity contribution in [2.24, 2.45) is 7.05 Å². The van der Waals surface area contributed by atoms with Gasteiger partial charge in [0.05, 0.1) is 23.7 Å². The van der Waals surface area contributed by atoms with Gasteiger partial charge in [0.1, 0.15) is 12.3 Å². The number of aromatic nitrogens is 2. The van der Waals surface area contributed by atoms with Crippen LogP contribution in [0.5, 0.6) is 5.75 Å². The summed E-state index contributed by atoms with van der Waals surface area (Å²) in [6.45, 7) is 4.46. The van der Waals surface area contributed by atoms with Crippen LogP contribution < -0.4 is 15.7 Å². The highest BCUT2D eigenvalue weighted by Gasteiger charge is 2.15. The van der Waals surface area contributed by atoms with Crippen LogP contribution >= 0.6 is 0 Å². The second-order valence-corrected chi connectivity index (χ2v) is 6.21. The second-order valence-electron chi connectivity index (χ2n) is 6.21. The van der Waals surface area contributed by atoms with Crippen molar-refractivity contribution in [3.05, 3.63) is 64.6 Å². The van der Waals surface area contributed by atoms with Gasteiger partial charge in [-0.25, -0.2) is 4.79 Å². The number of carbonyl (C=O) groups excluding carboxylic acids is 1. The largest absolute Gasteiger partial charge is 0.494 e. The molecular formula is C20H23N3O3. The molecule has 0 spiro atoms. The van der Waals surface area contributed by atoms with Crippen LogP contribution in [0.1, 0.15) is 25.5 Å². The van der Waals surface area contributed by atoms with E-state index in [1.165, 1.54) is 4.57 Å². The number of para-hydroxylation sites is 2. The van der Waals surface area contributed by atoms with E-state index < -0.39 is 0 Å². The fourth-order valence-electron chi connectivity index (χ4n) is 3.05. The summed E-state index contributed by atoms with van der Waals surface area (Å²) in [5.41, 5.74) is 2.34. The Morgan fingerprint density at radius 3 is 2.42 bits per heavy atom. The Morgan fingerprint density at radius 2 is 1.77 bits per heavy atom. The van der Waals surface area contributed by atoms with E-state index >= 15 is 0 Å². The van der Waals surface area contributed by atoms with Gasteiger partial charge >= 0.3 is 5.69 Å². The van der Waals surface area contributed by atoms with Gasteiger partial charge < -0.3 is 10.1 Å². The smallest absolute Gasteiger partial charge is 0.329 e. The lowest BCUT2D eigenvalue weighted by Gasteiger charge is -2.15. The third-order valence-electron chi connectivity index (χ3n) is 4.42. The number of benzene rings is 2. The molecule has 1 heterocycles. The molecular weight excluding hydrogens is 330 g/mol. The van der Waals surface area contributed by atoms with E-state index in [0.717, 1.165) is 22.3 Å². The Balaban J connectivity index is 1.73. The maximum absolute atomic E-state index is 12.5. The van der Waals surface area contributed by atoms with E-state index in [-0.39, 0.29) is 24.2 Å². The van der Waals surface area contributed by atoms with Gasteiger partial charge in [-0.2, -0.15) is 0 Å². The van der Waals surface area contributed by atoms with E-state index in [0.29, 0.717) is 6.61 Å². The van der Waals surface area contributed by atoms with Crippen molar-refractivity contribution < 1.29 is 9.53 Å². The van der Waals surface area contributed by atoms with E-state index in [1.807, 2.05) is 62.4 Å². The number of carbonyl (C=O) groups is 1. The minimum atomic E-state index is -0.204. The van der Waals surface area contributed by atoms with Crippen LogP contribution in [0.15, 0.2) is 53.3 Å². The summed E-state index contributed by atoms with van der Waals surface area (Å²) < 4.78 is 8.48. The highest BCUT2D eigenvalue weighted by molar-refractivity contribution is 5.81. The molecule has 2 aromatic carbocycles. The summed E-state index contributed by atoms with van der Waals surface area (Å²) in [4.78, 5) is 24.9.